The van der Waals surface area contributed by atoms with Crippen LogP contribution in [0.3, 0.4) is 0 Å². The van der Waals surface area contributed by atoms with Crippen LogP contribution in [0.2, 0.25) is 0 Å². The van der Waals surface area contributed by atoms with Gasteiger partial charge in [-0.1, -0.05) is 18.2 Å². The number of nitrogens with zero attached hydrogens (tertiary/aromatic N) is 2. The highest BCUT2D eigenvalue weighted by molar-refractivity contribution is 7.92. The lowest BCUT2D eigenvalue weighted by molar-refractivity contribution is 0.214. The molecule has 28 heavy (non-hydrogen) atoms. The van der Waals surface area contributed by atoms with E-state index in [1.807, 2.05) is 5.38 Å². The quantitative estimate of drug-likeness (QED) is 0.610. The van der Waals surface area contributed by atoms with Crippen LogP contribution in [0.4, 0.5) is 5.13 Å². The summed E-state index contributed by atoms with van der Waals surface area (Å²) in [6, 6.07) is 8.52. The number of hydrogen-bond acceptors (Lipinski definition) is 5. The molecule has 0 spiro atoms. The number of piperidine rings is 1. The molecule has 6 nitrogen and oxygen atoms in total. The zero-order chi connectivity index (χ0) is 18.9. The fourth-order valence-electron chi connectivity index (χ4n) is 3.80. The lowest BCUT2D eigenvalue weighted by Gasteiger charge is -2.31. The molecule has 0 amide bonds. The molecule has 4 rings (SSSR count). The summed E-state index contributed by atoms with van der Waals surface area (Å²) >= 11 is 1.34. The minimum absolute atomic E-state index is 0. The van der Waals surface area contributed by atoms with Crippen molar-refractivity contribution in [3.63, 3.8) is 0 Å². The molecule has 152 valence electrons. The fraction of sp³-hybridized carbons (Fsp3) is 0.421. The second kappa shape index (κ2) is 8.82. The molecule has 3 aromatic rings. The largest absolute Gasteiger partial charge is 0.361 e. The third-order valence-corrected chi connectivity index (χ3v) is 6.66. The molecule has 0 saturated carbocycles. The number of fused-ring (bicyclic) bond motifs is 1. The van der Waals surface area contributed by atoms with Crippen LogP contribution in [0.25, 0.3) is 10.9 Å². The second-order valence-corrected chi connectivity index (χ2v) is 9.78. The van der Waals surface area contributed by atoms with Crippen molar-refractivity contribution >= 4 is 49.8 Å². The predicted octanol–water partition coefficient (Wildman–Crippen LogP) is 3.84. The summed E-state index contributed by atoms with van der Waals surface area (Å²) in [4.78, 5) is 10.2. The third-order valence-electron chi connectivity index (χ3n) is 5.16. The van der Waals surface area contributed by atoms with Crippen molar-refractivity contribution in [2.24, 2.45) is 0 Å². The van der Waals surface area contributed by atoms with Crippen LogP contribution in [0.1, 0.15) is 30.0 Å². The van der Waals surface area contributed by atoms with E-state index in [0.717, 1.165) is 38.0 Å². The van der Waals surface area contributed by atoms with E-state index < -0.39 is 10.0 Å². The highest BCUT2D eigenvalue weighted by atomic mass is 35.5. The number of halogens is 1. The molecule has 1 aliphatic heterocycles. The topological polar surface area (TPSA) is 78.1 Å². The zero-order valence-electron chi connectivity index (χ0n) is 15.7. The van der Waals surface area contributed by atoms with Crippen molar-refractivity contribution < 1.29 is 8.42 Å². The van der Waals surface area contributed by atoms with Crippen LogP contribution in [0.15, 0.2) is 35.8 Å². The highest BCUT2D eigenvalue weighted by Gasteiger charge is 2.22. The summed E-state index contributed by atoms with van der Waals surface area (Å²) in [5.41, 5.74) is 3.61. The van der Waals surface area contributed by atoms with Crippen molar-refractivity contribution in [3.8, 4) is 0 Å². The van der Waals surface area contributed by atoms with Gasteiger partial charge >= 0.3 is 0 Å². The van der Waals surface area contributed by atoms with E-state index in [9.17, 15) is 8.42 Å². The maximum atomic E-state index is 11.3. The summed E-state index contributed by atoms with van der Waals surface area (Å²) in [7, 11) is -3.26. The van der Waals surface area contributed by atoms with Gasteiger partial charge in [0.05, 0.1) is 11.9 Å². The zero-order valence-corrected chi connectivity index (χ0v) is 18.2. The Morgan fingerprint density at radius 1 is 1.29 bits per heavy atom. The van der Waals surface area contributed by atoms with Gasteiger partial charge in [-0.3, -0.25) is 4.72 Å². The number of rotatable bonds is 6. The van der Waals surface area contributed by atoms with E-state index in [1.54, 1.807) is 0 Å². The molecule has 2 N–H and O–H groups in total. The number of sulfonamides is 1. The van der Waals surface area contributed by atoms with E-state index in [2.05, 4.69) is 50.1 Å². The number of benzene rings is 1. The number of thiazole rings is 1. The Kier molecular flexibility index (Phi) is 6.65. The molecule has 1 aromatic carbocycles. The number of aromatic nitrogens is 2. The molecule has 1 saturated heterocycles. The molecular weight excluding hydrogens is 416 g/mol. The summed E-state index contributed by atoms with van der Waals surface area (Å²) in [6.07, 6.45) is 6.50. The molecule has 0 radical (unpaired) electrons. The van der Waals surface area contributed by atoms with E-state index >= 15 is 0 Å². The third kappa shape index (κ3) is 5.05. The number of anilines is 1. The molecule has 3 heterocycles. The monoisotopic (exact) mass is 440 g/mol. The average molecular weight is 441 g/mol. The lowest BCUT2D eigenvalue weighted by Crippen LogP contribution is -2.34. The van der Waals surface area contributed by atoms with Gasteiger partial charge < -0.3 is 9.88 Å². The summed E-state index contributed by atoms with van der Waals surface area (Å²) in [5, 5.41) is 3.74. The number of para-hydroxylation sites is 1. The average Bonchev–Trinajstić information content (AvgIpc) is 3.26. The molecule has 1 fully saturated rings. The van der Waals surface area contributed by atoms with Gasteiger partial charge in [0.2, 0.25) is 10.0 Å². The number of aromatic amines is 1. The van der Waals surface area contributed by atoms with Gasteiger partial charge in [0, 0.05) is 35.4 Å². The normalized spacial score (nSPS) is 16.2. The Morgan fingerprint density at radius 3 is 2.79 bits per heavy atom. The van der Waals surface area contributed by atoms with E-state index in [1.165, 1.54) is 40.6 Å². The van der Waals surface area contributed by atoms with Crippen molar-refractivity contribution in [1.29, 1.82) is 0 Å². The summed E-state index contributed by atoms with van der Waals surface area (Å²) in [5.74, 6) is 0.613. The minimum atomic E-state index is -3.26. The number of likely N-dealkylation sites (tertiary alicyclic amines) is 1. The molecule has 1 aliphatic rings. The number of hydrogen-bond donors (Lipinski definition) is 2. The van der Waals surface area contributed by atoms with Crippen molar-refractivity contribution in [1.82, 2.24) is 14.9 Å². The SMILES string of the molecule is CS(=O)(=O)Nc1nc(CCN2CCC(c3c[nH]c4ccccc34)CC2)cs1.Cl. The van der Waals surface area contributed by atoms with Crippen LogP contribution < -0.4 is 4.72 Å². The molecule has 0 aliphatic carbocycles. The minimum Gasteiger partial charge on any atom is -0.361 e. The second-order valence-electron chi connectivity index (χ2n) is 7.17. The van der Waals surface area contributed by atoms with Crippen molar-refractivity contribution in [2.75, 3.05) is 30.6 Å². The van der Waals surface area contributed by atoms with Gasteiger partial charge in [0.1, 0.15) is 0 Å². The van der Waals surface area contributed by atoms with E-state index in [-0.39, 0.29) is 12.4 Å². The number of nitrogens with one attached hydrogen (secondary N) is 2. The Balaban J connectivity index is 0.00000225. The van der Waals surface area contributed by atoms with Crippen LogP contribution in [0, 0.1) is 0 Å². The molecule has 2 aromatic heterocycles. The van der Waals surface area contributed by atoms with Crippen LogP contribution in [-0.4, -0.2) is 49.2 Å². The van der Waals surface area contributed by atoms with Gasteiger partial charge in [-0.25, -0.2) is 13.4 Å². The first kappa shape index (κ1) is 21.1. The van der Waals surface area contributed by atoms with Gasteiger partial charge in [-0.05, 0) is 43.5 Å². The Bertz CT molecular complexity index is 1020. The van der Waals surface area contributed by atoms with Gasteiger partial charge in [-0.15, -0.1) is 23.7 Å². The first-order chi connectivity index (χ1) is 13.0. The molecule has 0 atom stereocenters. The fourth-order valence-corrected chi connectivity index (χ4v) is 5.40. The molecular formula is C19H25ClN4O2S2. The van der Waals surface area contributed by atoms with Crippen LogP contribution in [-0.2, 0) is 16.4 Å². The molecule has 0 unspecified atom stereocenters. The maximum absolute atomic E-state index is 11.3. The Hall–Kier alpha value is -1.61. The van der Waals surface area contributed by atoms with E-state index in [4.69, 9.17) is 0 Å². The Labute approximate surface area is 175 Å². The van der Waals surface area contributed by atoms with Gasteiger partial charge in [0.15, 0.2) is 5.13 Å². The van der Waals surface area contributed by atoms with Crippen LogP contribution in [0.5, 0.6) is 0 Å². The predicted molar refractivity (Wildman–Crippen MR) is 118 cm³/mol. The summed E-state index contributed by atoms with van der Waals surface area (Å²) < 4.78 is 25.0. The lowest BCUT2D eigenvalue weighted by atomic mass is 9.89. The Morgan fingerprint density at radius 2 is 2.04 bits per heavy atom. The van der Waals surface area contributed by atoms with Gasteiger partial charge in [0.25, 0.3) is 0 Å². The van der Waals surface area contributed by atoms with Gasteiger partial charge in [-0.2, -0.15) is 0 Å². The first-order valence-corrected chi connectivity index (χ1v) is 12.0. The highest BCUT2D eigenvalue weighted by Crippen LogP contribution is 2.33. The maximum Gasteiger partial charge on any atom is 0.231 e. The van der Waals surface area contributed by atoms with Crippen LogP contribution >= 0.6 is 23.7 Å². The number of H-pyrrole nitrogens is 1. The molecule has 0 bridgehead atoms. The smallest absolute Gasteiger partial charge is 0.231 e. The van der Waals surface area contributed by atoms with E-state index in [0.29, 0.717) is 11.0 Å². The standard InChI is InChI=1S/C19H24N4O2S2.ClH/c1-27(24,25)22-19-21-15(13-26-19)8-11-23-9-6-14(7-10-23)17-12-20-18-5-3-2-4-16(17)18;/h2-5,12-14,20H,6-11H2,1H3,(H,21,22);1H. The van der Waals surface area contributed by atoms with Crippen molar-refractivity contribution in [2.45, 2.75) is 25.2 Å². The summed E-state index contributed by atoms with van der Waals surface area (Å²) in [6.45, 7) is 3.13. The first-order valence-electron chi connectivity index (χ1n) is 9.18. The van der Waals surface area contributed by atoms with Crippen molar-refractivity contribution in [3.05, 3.63) is 47.1 Å². The molecule has 9 heteroatoms.